The Morgan fingerprint density at radius 1 is 0.733 bits per heavy atom. The van der Waals surface area contributed by atoms with Gasteiger partial charge in [0.1, 0.15) is 5.75 Å². The van der Waals surface area contributed by atoms with Gasteiger partial charge in [-0.1, -0.05) is 78.4 Å². The van der Waals surface area contributed by atoms with Crippen LogP contribution in [0.15, 0.2) is 78.4 Å². The minimum Gasteiger partial charge on any atom is -0.497 e. The van der Waals surface area contributed by atoms with Gasteiger partial charge >= 0.3 is 0 Å². The molecule has 0 spiro atoms. The number of hydrogen-bond donors (Lipinski definition) is 0. The van der Waals surface area contributed by atoms with Crippen LogP contribution in [0.25, 0.3) is 17.7 Å². The maximum Gasteiger partial charge on any atom is 0.118 e. The van der Waals surface area contributed by atoms with E-state index in [1.165, 1.54) is 33.4 Å². The fourth-order valence-corrected chi connectivity index (χ4v) is 4.67. The number of hydrogen-bond acceptors (Lipinski definition) is 2. The number of rotatable bonds is 3. The molecular weight excluding hydrogens is 366 g/mol. The molecule has 0 atom stereocenters. The Morgan fingerprint density at radius 2 is 1.30 bits per heavy atom. The molecule has 1 aliphatic carbocycles. The zero-order chi connectivity index (χ0) is 20.3. The Hall–Kier alpha value is -3.10. The Labute approximate surface area is 179 Å². The van der Waals surface area contributed by atoms with Gasteiger partial charge in [0.15, 0.2) is 0 Å². The van der Waals surface area contributed by atoms with E-state index in [1.807, 2.05) is 0 Å². The molecule has 2 aliphatic rings. The molecule has 0 unspecified atom stereocenters. The smallest absolute Gasteiger partial charge is 0.118 e. The fourth-order valence-electron chi connectivity index (χ4n) is 4.67. The van der Waals surface area contributed by atoms with Crippen molar-refractivity contribution in [2.75, 3.05) is 20.2 Å². The molecule has 3 aromatic rings. The molecule has 5 rings (SSSR count). The predicted octanol–water partition coefficient (Wildman–Crippen LogP) is 6.28. The van der Waals surface area contributed by atoms with Crippen molar-refractivity contribution in [1.29, 1.82) is 0 Å². The highest BCUT2D eigenvalue weighted by molar-refractivity contribution is 5.94. The number of methoxy groups -OCH3 is 1. The lowest BCUT2D eigenvalue weighted by Crippen LogP contribution is -2.30. The monoisotopic (exact) mass is 393 g/mol. The van der Waals surface area contributed by atoms with Crippen LogP contribution in [0.5, 0.6) is 5.75 Å². The van der Waals surface area contributed by atoms with Crippen LogP contribution in [-0.2, 0) is 6.54 Å². The summed E-state index contributed by atoms with van der Waals surface area (Å²) in [6.07, 6.45) is 6.77. The number of likely N-dealkylation sites (tertiary alicyclic amines) is 1. The first-order valence-electron chi connectivity index (χ1n) is 10.8. The van der Waals surface area contributed by atoms with Gasteiger partial charge in [-0.25, -0.2) is 0 Å². The van der Waals surface area contributed by atoms with Crippen molar-refractivity contribution in [2.45, 2.75) is 19.4 Å². The van der Waals surface area contributed by atoms with Gasteiger partial charge in [0, 0.05) is 19.6 Å². The van der Waals surface area contributed by atoms with Crippen LogP contribution in [0.3, 0.4) is 0 Å². The van der Waals surface area contributed by atoms with Crippen molar-refractivity contribution in [2.24, 2.45) is 0 Å². The van der Waals surface area contributed by atoms with Crippen LogP contribution in [-0.4, -0.2) is 25.1 Å². The zero-order valence-electron chi connectivity index (χ0n) is 17.5. The van der Waals surface area contributed by atoms with Gasteiger partial charge in [-0.15, -0.1) is 0 Å². The quantitative estimate of drug-likeness (QED) is 0.406. The van der Waals surface area contributed by atoms with E-state index in [0.29, 0.717) is 0 Å². The van der Waals surface area contributed by atoms with Gasteiger partial charge in [-0.3, -0.25) is 4.90 Å². The topological polar surface area (TPSA) is 12.5 Å². The highest BCUT2D eigenvalue weighted by Crippen LogP contribution is 2.38. The van der Waals surface area contributed by atoms with Crippen molar-refractivity contribution in [1.82, 2.24) is 4.90 Å². The molecule has 2 nitrogen and oxygen atoms in total. The van der Waals surface area contributed by atoms with Crippen molar-refractivity contribution in [3.8, 4) is 5.75 Å². The molecule has 1 fully saturated rings. The van der Waals surface area contributed by atoms with E-state index in [-0.39, 0.29) is 0 Å². The fraction of sp³-hybridized carbons (Fsp3) is 0.214. The van der Waals surface area contributed by atoms with Gasteiger partial charge in [0.2, 0.25) is 0 Å². The van der Waals surface area contributed by atoms with E-state index in [0.717, 1.165) is 38.2 Å². The molecule has 1 heterocycles. The molecular formula is C28H27NO. The minimum absolute atomic E-state index is 0.920. The third kappa shape index (κ3) is 3.71. The van der Waals surface area contributed by atoms with Crippen molar-refractivity contribution in [3.63, 3.8) is 0 Å². The highest BCUT2D eigenvalue weighted by Gasteiger charge is 2.22. The molecule has 1 saturated heterocycles. The van der Waals surface area contributed by atoms with Crippen LogP contribution < -0.4 is 4.74 Å². The molecule has 0 aromatic heterocycles. The lowest BCUT2D eigenvalue weighted by atomic mass is 9.86. The Bertz CT molecular complexity index is 1050. The van der Waals surface area contributed by atoms with Crippen molar-refractivity contribution >= 4 is 17.7 Å². The molecule has 0 N–H and O–H groups in total. The van der Waals surface area contributed by atoms with Crippen LogP contribution in [0, 0.1) is 0 Å². The first kappa shape index (κ1) is 18.9. The van der Waals surface area contributed by atoms with E-state index in [4.69, 9.17) is 4.74 Å². The number of piperidine rings is 1. The first-order valence-corrected chi connectivity index (χ1v) is 10.8. The van der Waals surface area contributed by atoms with Gasteiger partial charge in [0.25, 0.3) is 0 Å². The maximum absolute atomic E-state index is 5.28. The van der Waals surface area contributed by atoms with E-state index >= 15 is 0 Å². The average Bonchev–Trinajstić information content (AvgIpc) is 2.97. The number of benzene rings is 3. The maximum atomic E-state index is 5.28. The van der Waals surface area contributed by atoms with Gasteiger partial charge in [-0.2, -0.15) is 0 Å². The van der Waals surface area contributed by atoms with Gasteiger partial charge in [0.05, 0.1) is 7.11 Å². The van der Waals surface area contributed by atoms with Crippen LogP contribution in [0.2, 0.25) is 0 Å². The Balaban J connectivity index is 1.42. The molecule has 150 valence electrons. The zero-order valence-corrected chi connectivity index (χ0v) is 17.5. The summed E-state index contributed by atoms with van der Waals surface area (Å²) in [7, 11) is 1.72. The lowest BCUT2D eigenvalue weighted by molar-refractivity contribution is 0.248. The molecule has 0 radical (unpaired) electrons. The SMILES string of the molecule is COc1ccc(CN2CCC(=C3c4ccccc4C=Cc4ccccc43)CC2)cc1. The molecule has 30 heavy (non-hydrogen) atoms. The summed E-state index contributed by atoms with van der Waals surface area (Å²) in [4.78, 5) is 2.57. The highest BCUT2D eigenvalue weighted by atomic mass is 16.5. The van der Waals surface area contributed by atoms with Crippen LogP contribution >= 0.6 is 0 Å². The Morgan fingerprint density at radius 3 is 1.87 bits per heavy atom. The number of fused-ring (bicyclic) bond motifs is 2. The second-order valence-electron chi connectivity index (χ2n) is 8.11. The first-order chi connectivity index (χ1) is 14.8. The second-order valence-corrected chi connectivity index (χ2v) is 8.11. The van der Waals surface area contributed by atoms with Crippen LogP contribution in [0.4, 0.5) is 0 Å². The number of ether oxygens (including phenoxy) is 1. The van der Waals surface area contributed by atoms with Crippen molar-refractivity contribution < 1.29 is 4.74 Å². The molecule has 0 amide bonds. The second kappa shape index (κ2) is 8.33. The van der Waals surface area contributed by atoms with Crippen LogP contribution in [0.1, 0.15) is 40.7 Å². The Kier molecular flexibility index (Phi) is 5.25. The third-order valence-electron chi connectivity index (χ3n) is 6.28. The molecule has 0 bridgehead atoms. The summed E-state index contributed by atoms with van der Waals surface area (Å²) in [5.41, 5.74) is 9.77. The van der Waals surface area contributed by atoms with E-state index in [1.54, 1.807) is 12.7 Å². The summed E-state index contributed by atoms with van der Waals surface area (Å²) >= 11 is 0. The van der Waals surface area contributed by atoms with E-state index in [2.05, 4.69) is 89.8 Å². The molecule has 3 aromatic carbocycles. The molecule has 2 heteroatoms. The summed E-state index contributed by atoms with van der Waals surface area (Å²) in [5.74, 6) is 0.920. The minimum atomic E-state index is 0.920. The van der Waals surface area contributed by atoms with E-state index in [9.17, 15) is 0 Å². The largest absolute Gasteiger partial charge is 0.497 e. The van der Waals surface area contributed by atoms with E-state index < -0.39 is 0 Å². The summed E-state index contributed by atoms with van der Waals surface area (Å²) in [6.45, 7) is 3.20. The molecule has 1 aliphatic heterocycles. The van der Waals surface area contributed by atoms with Crippen molar-refractivity contribution in [3.05, 3.63) is 106 Å². The lowest BCUT2D eigenvalue weighted by Gasteiger charge is -2.30. The summed E-state index contributed by atoms with van der Waals surface area (Å²) in [6, 6.07) is 26.1. The summed E-state index contributed by atoms with van der Waals surface area (Å²) < 4.78 is 5.28. The normalized spacial score (nSPS) is 16.0. The number of nitrogens with zero attached hydrogens (tertiary/aromatic N) is 1. The van der Waals surface area contributed by atoms with Gasteiger partial charge < -0.3 is 4.74 Å². The molecule has 0 saturated carbocycles. The predicted molar refractivity (Wildman–Crippen MR) is 125 cm³/mol. The average molecular weight is 394 g/mol. The third-order valence-corrected chi connectivity index (χ3v) is 6.28. The van der Waals surface area contributed by atoms with Gasteiger partial charge in [-0.05, 0) is 58.4 Å². The standard InChI is InChI=1S/C28H27NO/c1-30-25-14-10-21(11-15-25)20-29-18-16-24(17-19-29)28-26-8-4-2-6-22(26)12-13-23-7-3-5-9-27(23)28/h2-15H,16-20H2,1H3. The summed E-state index contributed by atoms with van der Waals surface area (Å²) in [5, 5.41) is 0.